The summed E-state index contributed by atoms with van der Waals surface area (Å²) in [7, 11) is 1.97. The van der Waals surface area contributed by atoms with Gasteiger partial charge < -0.3 is 4.57 Å². The number of carbonyl (C=O) groups excluding carboxylic acids is 1. The van der Waals surface area contributed by atoms with E-state index in [0.29, 0.717) is 6.42 Å². The van der Waals surface area contributed by atoms with E-state index in [4.69, 9.17) is 0 Å². The molecule has 1 aromatic carbocycles. The predicted octanol–water partition coefficient (Wildman–Crippen LogP) is 4.33. The molecule has 0 unspecified atom stereocenters. The molecule has 0 atom stereocenters. The van der Waals surface area contributed by atoms with E-state index in [0.717, 1.165) is 29.4 Å². The molecular weight excluding hydrogens is 222 g/mol. The number of benzene rings is 1. The summed E-state index contributed by atoms with van der Waals surface area (Å²) < 4.78 is 2.01. The predicted molar refractivity (Wildman–Crippen MR) is 76.0 cm³/mol. The Kier molecular flexibility index (Phi) is 4.19. The second kappa shape index (κ2) is 5.85. The van der Waals surface area contributed by atoms with Crippen molar-refractivity contribution in [3.63, 3.8) is 0 Å². The van der Waals surface area contributed by atoms with Crippen LogP contribution in [0.25, 0.3) is 10.9 Å². The van der Waals surface area contributed by atoms with Crippen molar-refractivity contribution in [2.75, 3.05) is 0 Å². The van der Waals surface area contributed by atoms with Gasteiger partial charge in [0.1, 0.15) is 0 Å². The topological polar surface area (TPSA) is 22.0 Å². The number of carbonyl (C=O) groups is 1. The smallest absolute Gasteiger partial charge is 0.179 e. The molecule has 2 aromatic rings. The summed E-state index contributed by atoms with van der Waals surface area (Å²) in [5.74, 6) is 0.268. The number of aryl methyl sites for hydroxylation is 1. The zero-order valence-electron chi connectivity index (χ0n) is 11.3. The van der Waals surface area contributed by atoms with E-state index in [9.17, 15) is 4.79 Å². The standard InChI is InChI=1S/C16H21NO/c1-3-4-5-6-11-16(18)15-12-13-9-7-8-10-14(13)17(15)2/h7-10,12H,3-6,11H2,1-2H3. The van der Waals surface area contributed by atoms with E-state index in [1.54, 1.807) is 0 Å². The van der Waals surface area contributed by atoms with Gasteiger partial charge in [0, 0.05) is 24.4 Å². The van der Waals surface area contributed by atoms with Gasteiger partial charge in [-0.2, -0.15) is 0 Å². The molecule has 0 aliphatic carbocycles. The van der Waals surface area contributed by atoms with Gasteiger partial charge in [0.2, 0.25) is 0 Å². The van der Waals surface area contributed by atoms with E-state index in [1.165, 1.54) is 12.8 Å². The molecule has 18 heavy (non-hydrogen) atoms. The monoisotopic (exact) mass is 243 g/mol. The van der Waals surface area contributed by atoms with E-state index in [2.05, 4.69) is 19.1 Å². The Balaban J connectivity index is 2.10. The summed E-state index contributed by atoms with van der Waals surface area (Å²) in [6, 6.07) is 10.2. The maximum absolute atomic E-state index is 12.2. The Morgan fingerprint density at radius 2 is 1.94 bits per heavy atom. The van der Waals surface area contributed by atoms with Crippen LogP contribution in [0, 0.1) is 0 Å². The molecule has 0 N–H and O–H groups in total. The fourth-order valence-electron chi connectivity index (χ4n) is 2.40. The highest BCUT2D eigenvalue weighted by molar-refractivity contribution is 5.99. The van der Waals surface area contributed by atoms with Crippen molar-refractivity contribution in [3.05, 3.63) is 36.0 Å². The number of fused-ring (bicyclic) bond motifs is 1. The lowest BCUT2D eigenvalue weighted by Gasteiger charge is -2.03. The van der Waals surface area contributed by atoms with Crippen LogP contribution in [0.4, 0.5) is 0 Å². The van der Waals surface area contributed by atoms with Crippen molar-refractivity contribution in [2.24, 2.45) is 7.05 Å². The van der Waals surface area contributed by atoms with Gasteiger partial charge in [-0.25, -0.2) is 0 Å². The minimum atomic E-state index is 0.268. The molecule has 0 fully saturated rings. The third-order valence-corrected chi connectivity index (χ3v) is 3.49. The number of unbranched alkanes of at least 4 members (excludes halogenated alkanes) is 3. The zero-order valence-corrected chi connectivity index (χ0v) is 11.3. The first-order valence-corrected chi connectivity index (χ1v) is 6.81. The summed E-state index contributed by atoms with van der Waals surface area (Å²) in [4.78, 5) is 12.2. The molecule has 96 valence electrons. The first-order chi connectivity index (χ1) is 8.74. The van der Waals surface area contributed by atoms with Crippen LogP contribution in [0.5, 0.6) is 0 Å². The van der Waals surface area contributed by atoms with Crippen LogP contribution in [-0.4, -0.2) is 10.4 Å². The molecule has 0 amide bonds. The van der Waals surface area contributed by atoms with E-state index in [-0.39, 0.29) is 5.78 Å². The largest absolute Gasteiger partial charge is 0.341 e. The van der Waals surface area contributed by atoms with Crippen LogP contribution in [0.1, 0.15) is 49.5 Å². The molecule has 2 rings (SSSR count). The molecule has 0 bridgehead atoms. The van der Waals surface area contributed by atoms with Crippen LogP contribution in [-0.2, 0) is 7.05 Å². The number of rotatable bonds is 6. The second-order valence-corrected chi connectivity index (χ2v) is 4.88. The number of Topliss-reactive ketones (excluding diaryl/α,β-unsaturated/α-hetero) is 1. The molecule has 0 saturated heterocycles. The van der Waals surface area contributed by atoms with Gasteiger partial charge in [-0.05, 0) is 18.6 Å². The van der Waals surface area contributed by atoms with Crippen molar-refractivity contribution < 1.29 is 4.79 Å². The minimum absolute atomic E-state index is 0.268. The Morgan fingerprint density at radius 1 is 1.17 bits per heavy atom. The van der Waals surface area contributed by atoms with Gasteiger partial charge in [-0.1, -0.05) is 44.4 Å². The molecule has 0 aliphatic rings. The minimum Gasteiger partial charge on any atom is -0.341 e. The highest BCUT2D eigenvalue weighted by atomic mass is 16.1. The van der Waals surface area contributed by atoms with Crippen LogP contribution < -0.4 is 0 Å². The van der Waals surface area contributed by atoms with Crippen molar-refractivity contribution >= 4 is 16.7 Å². The van der Waals surface area contributed by atoms with E-state index < -0.39 is 0 Å². The molecule has 0 radical (unpaired) electrons. The number of nitrogens with zero attached hydrogens (tertiary/aromatic N) is 1. The SMILES string of the molecule is CCCCCCC(=O)c1cc2ccccc2n1C. The highest BCUT2D eigenvalue weighted by Gasteiger charge is 2.12. The Hall–Kier alpha value is -1.57. The summed E-state index contributed by atoms with van der Waals surface area (Å²) in [5.41, 5.74) is 1.97. The third kappa shape index (κ3) is 2.63. The quantitative estimate of drug-likeness (QED) is 0.546. The average molecular weight is 243 g/mol. The van der Waals surface area contributed by atoms with Crippen LogP contribution in [0.3, 0.4) is 0 Å². The van der Waals surface area contributed by atoms with Crippen LogP contribution in [0.2, 0.25) is 0 Å². The van der Waals surface area contributed by atoms with Crippen molar-refractivity contribution in [1.29, 1.82) is 0 Å². The molecule has 1 heterocycles. The lowest BCUT2D eigenvalue weighted by atomic mass is 10.1. The van der Waals surface area contributed by atoms with Gasteiger partial charge >= 0.3 is 0 Å². The summed E-state index contributed by atoms with van der Waals surface area (Å²) in [6.07, 6.45) is 5.27. The first-order valence-electron chi connectivity index (χ1n) is 6.81. The first kappa shape index (κ1) is 12.9. The maximum atomic E-state index is 12.2. The number of para-hydroxylation sites is 1. The van der Waals surface area contributed by atoms with Crippen LogP contribution in [0.15, 0.2) is 30.3 Å². The van der Waals surface area contributed by atoms with Crippen molar-refractivity contribution in [3.8, 4) is 0 Å². The number of aromatic nitrogens is 1. The zero-order chi connectivity index (χ0) is 13.0. The lowest BCUT2D eigenvalue weighted by Crippen LogP contribution is -2.05. The van der Waals surface area contributed by atoms with E-state index in [1.807, 2.05) is 29.8 Å². The summed E-state index contributed by atoms with van der Waals surface area (Å²) >= 11 is 0. The summed E-state index contributed by atoms with van der Waals surface area (Å²) in [5, 5.41) is 1.15. The van der Waals surface area contributed by atoms with Crippen molar-refractivity contribution in [1.82, 2.24) is 4.57 Å². The highest BCUT2D eigenvalue weighted by Crippen LogP contribution is 2.20. The molecule has 0 aliphatic heterocycles. The fraction of sp³-hybridized carbons (Fsp3) is 0.438. The molecule has 0 spiro atoms. The molecule has 1 aromatic heterocycles. The van der Waals surface area contributed by atoms with Gasteiger partial charge in [0.05, 0.1) is 5.69 Å². The van der Waals surface area contributed by atoms with Gasteiger partial charge in [-0.3, -0.25) is 4.79 Å². The number of ketones is 1. The van der Waals surface area contributed by atoms with Crippen LogP contribution >= 0.6 is 0 Å². The Morgan fingerprint density at radius 3 is 2.67 bits per heavy atom. The van der Waals surface area contributed by atoms with Crippen molar-refractivity contribution in [2.45, 2.75) is 39.0 Å². The number of hydrogen-bond donors (Lipinski definition) is 0. The second-order valence-electron chi connectivity index (χ2n) is 4.88. The third-order valence-electron chi connectivity index (χ3n) is 3.49. The average Bonchev–Trinajstić information content (AvgIpc) is 2.73. The van der Waals surface area contributed by atoms with Gasteiger partial charge in [0.25, 0.3) is 0 Å². The molecule has 0 saturated carbocycles. The van der Waals surface area contributed by atoms with Gasteiger partial charge in [-0.15, -0.1) is 0 Å². The molecule has 2 nitrogen and oxygen atoms in total. The Labute approximate surface area is 109 Å². The molecule has 2 heteroatoms. The number of hydrogen-bond acceptors (Lipinski definition) is 1. The van der Waals surface area contributed by atoms with E-state index >= 15 is 0 Å². The lowest BCUT2D eigenvalue weighted by molar-refractivity contribution is 0.0971. The maximum Gasteiger partial charge on any atom is 0.179 e. The Bertz CT molecular complexity index is 539. The normalized spacial score (nSPS) is 11.0. The molecular formula is C16H21NO. The fourth-order valence-corrected chi connectivity index (χ4v) is 2.40. The van der Waals surface area contributed by atoms with Gasteiger partial charge in [0.15, 0.2) is 5.78 Å². The summed E-state index contributed by atoms with van der Waals surface area (Å²) in [6.45, 7) is 2.19.